The molecule has 0 aromatic heterocycles. The molecule has 3 rings (SSSR count). The fraction of sp³-hybridized carbons (Fsp3) is 0.176. The fourth-order valence-electron chi connectivity index (χ4n) is 2.86. The first-order valence-electron chi connectivity index (χ1n) is 7.37. The number of nitrogens with one attached hydrogen (secondary N) is 2. The Balaban J connectivity index is 2.25. The summed E-state index contributed by atoms with van der Waals surface area (Å²) in [7, 11) is -3.90. The van der Waals surface area contributed by atoms with Crippen LogP contribution in [0.1, 0.15) is 17.7 Å². The van der Waals surface area contributed by atoms with E-state index in [0.717, 1.165) is 0 Å². The van der Waals surface area contributed by atoms with Crippen molar-refractivity contribution in [1.29, 1.82) is 0 Å². The number of anilines is 1. The average Bonchev–Trinajstić information content (AvgIpc) is 2.62. The van der Waals surface area contributed by atoms with Crippen molar-refractivity contribution >= 4 is 27.3 Å². The Morgan fingerprint density at radius 2 is 1.67 bits per heavy atom. The molecule has 2 amide bonds. The van der Waals surface area contributed by atoms with Crippen molar-refractivity contribution in [3.05, 3.63) is 60.2 Å². The number of benzene rings is 2. The number of fused-ring (bicyclic) bond motifs is 1. The summed E-state index contributed by atoms with van der Waals surface area (Å²) in [4.78, 5) is 24.2. The van der Waals surface area contributed by atoms with Crippen LogP contribution < -0.4 is 10.6 Å². The van der Waals surface area contributed by atoms with E-state index in [4.69, 9.17) is 0 Å². The molecular formula is C17H16N2O4S. The predicted molar refractivity (Wildman–Crippen MR) is 89.0 cm³/mol. The van der Waals surface area contributed by atoms with Gasteiger partial charge < -0.3 is 10.6 Å². The molecule has 2 N–H and O–H groups in total. The van der Waals surface area contributed by atoms with E-state index in [1.807, 2.05) is 0 Å². The largest absolute Gasteiger partial charge is 0.343 e. The highest BCUT2D eigenvalue weighted by molar-refractivity contribution is 7.92. The Hall–Kier alpha value is -2.67. The minimum absolute atomic E-state index is 0.0417. The van der Waals surface area contributed by atoms with Crippen LogP contribution in [0, 0.1) is 0 Å². The van der Waals surface area contributed by atoms with Crippen LogP contribution in [-0.2, 0) is 19.4 Å². The normalized spacial score (nSPS) is 22.0. The van der Waals surface area contributed by atoms with Crippen LogP contribution in [0.5, 0.6) is 0 Å². The predicted octanol–water partition coefficient (Wildman–Crippen LogP) is 1.66. The van der Waals surface area contributed by atoms with Crippen LogP contribution in [0.4, 0.5) is 5.69 Å². The molecule has 2 unspecified atom stereocenters. The van der Waals surface area contributed by atoms with Gasteiger partial charge in [0.05, 0.1) is 10.6 Å². The highest BCUT2D eigenvalue weighted by Gasteiger charge is 2.44. The molecule has 0 aliphatic carbocycles. The van der Waals surface area contributed by atoms with Crippen LogP contribution in [-0.4, -0.2) is 26.3 Å². The van der Waals surface area contributed by atoms with Gasteiger partial charge in [-0.3, -0.25) is 9.59 Å². The first kappa shape index (κ1) is 16.2. The monoisotopic (exact) mass is 344 g/mol. The molecule has 0 fully saturated rings. The van der Waals surface area contributed by atoms with Crippen LogP contribution in [0.15, 0.2) is 59.5 Å². The Morgan fingerprint density at radius 1 is 1.04 bits per heavy atom. The fourth-order valence-corrected chi connectivity index (χ4v) is 4.89. The molecule has 1 aliphatic heterocycles. The number of hydrogen-bond donors (Lipinski definition) is 2. The maximum Gasteiger partial charge on any atom is 0.248 e. The number of carbonyl (C=O) groups excluding carboxylic acids is 2. The first-order valence-corrected chi connectivity index (χ1v) is 8.92. The quantitative estimate of drug-likeness (QED) is 0.866. The molecule has 0 radical (unpaired) electrons. The molecule has 124 valence electrons. The molecular weight excluding hydrogens is 328 g/mol. The molecule has 2 aromatic carbocycles. The molecule has 24 heavy (non-hydrogen) atoms. The highest BCUT2D eigenvalue weighted by atomic mass is 32.2. The standard InChI is InChI=1S/C17H16N2O4S/c1-11(20)18-15-16(12-7-3-2-4-8-12)24(22,23)14-10-6-5-9-13(14)19-17(15)21/h2-10,15-16H,1H3,(H,18,20)(H,19,21). The van der Waals surface area contributed by atoms with E-state index in [1.54, 1.807) is 42.5 Å². The van der Waals surface area contributed by atoms with E-state index in [9.17, 15) is 18.0 Å². The molecule has 6 nitrogen and oxygen atoms in total. The Bertz CT molecular complexity index is 894. The lowest BCUT2D eigenvalue weighted by Gasteiger charge is -2.24. The SMILES string of the molecule is CC(=O)NC1C(=O)Nc2ccccc2S(=O)(=O)C1c1ccccc1. The van der Waals surface area contributed by atoms with Crippen molar-refractivity contribution < 1.29 is 18.0 Å². The van der Waals surface area contributed by atoms with Gasteiger partial charge in [0, 0.05) is 6.92 Å². The van der Waals surface area contributed by atoms with Crippen LogP contribution >= 0.6 is 0 Å². The molecule has 0 spiro atoms. The molecule has 0 saturated carbocycles. The van der Waals surface area contributed by atoms with Gasteiger partial charge in [0.25, 0.3) is 0 Å². The first-order chi connectivity index (χ1) is 11.4. The van der Waals surface area contributed by atoms with Gasteiger partial charge in [-0.25, -0.2) is 8.42 Å². The Kier molecular flexibility index (Phi) is 4.11. The molecule has 7 heteroatoms. The molecule has 2 aromatic rings. The lowest BCUT2D eigenvalue weighted by molar-refractivity contribution is -0.125. The zero-order chi connectivity index (χ0) is 17.3. The van der Waals surface area contributed by atoms with E-state index < -0.39 is 32.9 Å². The number of para-hydroxylation sites is 1. The second-order valence-electron chi connectivity index (χ2n) is 5.54. The van der Waals surface area contributed by atoms with Gasteiger partial charge in [-0.05, 0) is 17.7 Å². The summed E-state index contributed by atoms with van der Waals surface area (Å²) >= 11 is 0. The summed E-state index contributed by atoms with van der Waals surface area (Å²) < 4.78 is 26.4. The topological polar surface area (TPSA) is 92.3 Å². The van der Waals surface area contributed by atoms with Gasteiger partial charge >= 0.3 is 0 Å². The van der Waals surface area contributed by atoms with Gasteiger partial charge in [-0.1, -0.05) is 42.5 Å². The number of carbonyl (C=O) groups is 2. The molecule has 0 bridgehead atoms. The third-order valence-electron chi connectivity index (χ3n) is 3.86. The third-order valence-corrected chi connectivity index (χ3v) is 6.04. The summed E-state index contributed by atoms with van der Waals surface area (Å²) in [6.07, 6.45) is 0. The second kappa shape index (κ2) is 6.09. The maximum absolute atomic E-state index is 13.2. The number of sulfone groups is 1. The van der Waals surface area contributed by atoms with E-state index >= 15 is 0 Å². The van der Waals surface area contributed by atoms with Crippen molar-refractivity contribution in [1.82, 2.24) is 5.32 Å². The van der Waals surface area contributed by atoms with Crippen molar-refractivity contribution in [2.24, 2.45) is 0 Å². The van der Waals surface area contributed by atoms with Gasteiger partial charge in [0.2, 0.25) is 11.8 Å². The minimum atomic E-state index is -3.90. The third kappa shape index (κ3) is 2.78. The van der Waals surface area contributed by atoms with Gasteiger partial charge in [0.15, 0.2) is 9.84 Å². The van der Waals surface area contributed by atoms with Crippen molar-refractivity contribution in [2.45, 2.75) is 23.1 Å². The van der Waals surface area contributed by atoms with Crippen LogP contribution in [0.2, 0.25) is 0 Å². The Morgan fingerprint density at radius 3 is 2.33 bits per heavy atom. The number of hydrogen-bond acceptors (Lipinski definition) is 4. The summed E-state index contributed by atoms with van der Waals surface area (Å²) in [5.41, 5.74) is 0.666. The van der Waals surface area contributed by atoms with Crippen molar-refractivity contribution in [3.8, 4) is 0 Å². The second-order valence-corrected chi connectivity index (χ2v) is 7.58. The smallest absolute Gasteiger partial charge is 0.248 e. The molecule has 0 saturated heterocycles. The van der Waals surface area contributed by atoms with Gasteiger partial charge in [-0.15, -0.1) is 0 Å². The average molecular weight is 344 g/mol. The number of amides is 2. The Labute approximate surface area is 139 Å². The lowest BCUT2D eigenvalue weighted by Crippen LogP contribution is -2.47. The van der Waals surface area contributed by atoms with E-state index in [2.05, 4.69) is 10.6 Å². The summed E-state index contributed by atoms with van der Waals surface area (Å²) in [6, 6.07) is 13.4. The van der Waals surface area contributed by atoms with E-state index in [0.29, 0.717) is 5.56 Å². The maximum atomic E-state index is 13.2. The lowest BCUT2D eigenvalue weighted by atomic mass is 10.0. The molecule has 1 heterocycles. The van der Waals surface area contributed by atoms with Crippen LogP contribution in [0.3, 0.4) is 0 Å². The summed E-state index contributed by atoms with van der Waals surface area (Å²) in [5.74, 6) is -1.04. The zero-order valence-electron chi connectivity index (χ0n) is 12.9. The molecule has 2 atom stereocenters. The highest BCUT2D eigenvalue weighted by Crippen LogP contribution is 2.38. The van der Waals surface area contributed by atoms with Gasteiger partial charge in [-0.2, -0.15) is 0 Å². The van der Waals surface area contributed by atoms with E-state index in [-0.39, 0.29) is 10.6 Å². The van der Waals surface area contributed by atoms with Crippen molar-refractivity contribution in [3.63, 3.8) is 0 Å². The zero-order valence-corrected chi connectivity index (χ0v) is 13.7. The van der Waals surface area contributed by atoms with E-state index in [1.165, 1.54) is 19.1 Å². The van der Waals surface area contributed by atoms with Crippen LogP contribution in [0.25, 0.3) is 0 Å². The summed E-state index contributed by atoms with van der Waals surface area (Å²) in [5, 5.41) is 3.88. The van der Waals surface area contributed by atoms with Gasteiger partial charge in [0.1, 0.15) is 11.3 Å². The molecule has 1 aliphatic rings. The number of rotatable bonds is 2. The van der Waals surface area contributed by atoms with Crippen molar-refractivity contribution in [2.75, 3.05) is 5.32 Å². The minimum Gasteiger partial charge on any atom is -0.343 e. The summed E-state index contributed by atoms with van der Waals surface area (Å²) in [6.45, 7) is 1.25.